The molecule has 0 spiro atoms. The Morgan fingerprint density at radius 1 is 1.56 bits per heavy atom. The number of hydrogen-bond acceptors (Lipinski definition) is 5. The van der Waals surface area contributed by atoms with Crippen LogP contribution < -0.4 is 11.1 Å². The van der Waals surface area contributed by atoms with Gasteiger partial charge in [0.15, 0.2) is 0 Å². The number of nitrogens with one attached hydrogen (secondary N) is 1. The molecule has 1 heterocycles. The van der Waals surface area contributed by atoms with Crippen molar-refractivity contribution >= 4 is 11.6 Å². The lowest BCUT2D eigenvalue weighted by atomic mass is 10.1. The molecule has 0 unspecified atom stereocenters. The highest BCUT2D eigenvalue weighted by Gasteiger charge is 2.30. The fourth-order valence-electron chi connectivity index (χ4n) is 1.89. The van der Waals surface area contributed by atoms with Crippen molar-refractivity contribution in [2.75, 3.05) is 26.1 Å². The van der Waals surface area contributed by atoms with Crippen LogP contribution >= 0.6 is 0 Å². The van der Waals surface area contributed by atoms with Crippen LogP contribution in [-0.4, -0.2) is 43.5 Å². The van der Waals surface area contributed by atoms with E-state index in [1.54, 1.807) is 7.11 Å². The smallest absolute Gasteiger partial charge is 0.253 e. The lowest BCUT2D eigenvalue weighted by Gasteiger charge is -2.18. The van der Waals surface area contributed by atoms with E-state index in [0.717, 1.165) is 0 Å². The zero-order valence-corrected chi connectivity index (χ0v) is 10.1. The molecule has 1 aromatic carbocycles. The van der Waals surface area contributed by atoms with Gasteiger partial charge in [0.1, 0.15) is 11.9 Å². The number of benzene rings is 1. The third kappa shape index (κ3) is 2.55. The zero-order valence-electron chi connectivity index (χ0n) is 10.1. The van der Waals surface area contributed by atoms with Gasteiger partial charge < -0.3 is 25.6 Å². The van der Waals surface area contributed by atoms with E-state index < -0.39 is 0 Å². The van der Waals surface area contributed by atoms with Crippen LogP contribution in [0, 0.1) is 0 Å². The minimum Gasteiger partial charge on any atom is -0.508 e. The topological polar surface area (TPSA) is 93.8 Å². The molecule has 18 heavy (non-hydrogen) atoms. The summed E-state index contributed by atoms with van der Waals surface area (Å²) in [4.78, 5) is 12.0. The largest absolute Gasteiger partial charge is 0.508 e. The van der Waals surface area contributed by atoms with E-state index in [1.165, 1.54) is 18.2 Å². The summed E-state index contributed by atoms with van der Waals surface area (Å²) < 4.78 is 10.4. The number of anilines is 1. The molecule has 1 fully saturated rings. The fourth-order valence-corrected chi connectivity index (χ4v) is 1.89. The number of amides is 1. The Bertz CT molecular complexity index is 450. The summed E-state index contributed by atoms with van der Waals surface area (Å²) in [5.74, 6) is -0.346. The van der Waals surface area contributed by atoms with Crippen molar-refractivity contribution in [3.8, 4) is 5.75 Å². The van der Waals surface area contributed by atoms with Gasteiger partial charge in [-0.3, -0.25) is 4.79 Å². The van der Waals surface area contributed by atoms with E-state index in [2.05, 4.69) is 5.32 Å². The highest BCUT2D eigenvalue weighted by molar-refractivity contribution is 5.99. The van der Waals surface area contributed by atoms with E-state index in [9.17, 15) is 9.90 Å². The van der Waals surface area contributed by atoms with Gasteiger partial charge in [-0.2, -0.15) is 0 Å². The second-order valence-electron chi connectivity index (χ2n) is 4.16. The molecule has 4 N–H and O–H groups in total. The van der Waals surface area contributed by atoms with E-state index in [-0.39, 0.29) is 29.4 Å². The van der Waals surface area contributed by atoms with Crippen molar-refractivity contribution in [3.05, 3.63) is 23.8 Å². The zero-order chi connectivity index (χ0) is 13.1. The first-order chi connectivity index (χ1) is 8.61. The van der Waals surface area contributed by atoms with Crippen molar-refractivity contribution in [2.24, 2.45) is 0 Å². The van der Waals surface area contributed by atoms with Crippen molar-refractivity contribution in [3.63, 3.8) is 0 Å². The molecule has 0 aromatic heterocycles. The molecule has 0 radical (unpaired) electrons. The Labute approximate surface area is 105 Å². The number of methoxy groups -OCH3 is 1. The number of phenolic OH excluding ortho intramolecular Hbond substituents is 1. The number of nitrogens with two attached hydrogens (primary N) is 1. The number of rotatable bonds is 3. The van der Waals surface area contributed by atoms with Gasteiger partial charge in [0.25, 0.3) is 5.91 Å². The van der Waals surface area contributed by atoms with Gasteiger partial charge in [0, 0.05) is 12.8 Å². The Morgan fingerprint density at radius 2 is 2.33 bits per heavy atom. The van der Waals surface area contributed by atoms with E-state index in [4.69, 9.17) is 15.2 Å². The summed E-state index contributed by atoms with van der Waals surface area (Å²) in [7, 11) is 1.57. The molecule has 2 atom stereocenters. The fraction of sp³-hybridized carbons (Fsp3) is 0.417. The third-order valence-electron chi connectivity index (χ3n) is 2.93. The van der Waals surface area contributed by atoms with Crippen LogP contribution in [0.4, 0.5) is 5.69 Å². The first kappa shape index (κ1) is 12.7. The number of nitrogen functional groups attached to an aromatic ring is 1. The van der Waals surface area contributed by atoms with Crippen molar-refractivity contribution in [2.45, 2.75) is 12.1 Å². The summed E-state index contributed by atoms with van der Waals surface area (Å²) in [5, 5.41) is 12.1. The molecule has 2 rings (SSSR count). The molecule has 1 aliphatic heterocycles. The summed E-state index contributed by atoms with van der Waals surface area (Å²) >= 11 is 0. The number of carbonyl (C=O) groups is 1. The molecule has 98 valence electrons. The number of ether oxygens (including phenoxy) is 2. The molecular formula is C12H16N2O4. The second-order valence-corrected chi connectivity index (χ2v) is 4.16. The first-order valence-corrected chi connectivity index (χ1v) is 5.61. The first-order valence-electron chi connectivity index (χ1n) is 5.61. The Hall–Kier alpha value is -1.79. The maximum atomic E-state index is 12.0. The predicted molar refractivity (Wildman–Crippen MR) is 65.4 cm³/mol. The molecule has 0 aliphatic carbocycles. The lowest BCUT2D eigenvalue weighted by Crippen LogP contribution is -2.43. The highest BCUT2D eigenvalue weighted by Crippen LogP contribution is 2.19. The standard InChI is InChI=1S/C12H16N2O4/c1-17-11-6-18-5-10(11)14-12(16)8-4-7(15)2-3-9(8)13/h2-4,10-11,15H,5-6,13H2,1H3,(H,14,16)/t10-,11-/m0/s1. The number of phenols is 1. The number of aromatic hydroxyl groups is 1. The number of hydrogen-bond donors (Lipinski definition) is 3. The Balaban J connectivity index is 2.09. The Morgan fingerprint density at radius 3 is 3.06 bits per heavy atom. The minimum absolute atomic E-state index is 0.000290. The maximum absolute atomic E-state index is 12.0. The van der Waals surface area contributed by atoms with Gasteiger partial charge in [-0.25, -0.2) is 0 Å². The SMILES string of the molecule is CO[C@H]1COC[C@@H]1NC(=O)c1cc(O)ccc1N. The molecule has 1 aliphatic rings. The average molecular weight is 252 g/mol. The normalized spacial score (nSPS) is 22.9. The molecule has 0 bridgehead atoms. The van der Waals surface area contributed by atoms with Crippen LogP contribution in [0.1, 0.15) is 10.4 Å². The van der Waals surface area contributed by atoms with Crippen LogP contribution in [0.2, 0.25) is 0 Å². The third-order valence-corrected chi connectivity index (χ3v) is 2.93. The molecule has 6 heteroatoms. The summed E-state index contributed by atoms with van der Waals surface area (Å²) in [5.41, 5.74) is 6.26. The summed E-state index contributed by atoms with van der Waals surface area (Å²) in [6, 6.07) is 4.05. The van der Waals surface area contributed by atoms with Gasteiger partial charge in [0.05, 0.1) is 24.8 Å². The molecule has 1 amide bonds. The minimum atomic E-state index is -0.346. The molecule has 1 aromatic rings. The molecule has 6 nitrogen and oxygen atoms in total. The van der Waals surface area contributed by atoms with Crippen molar-refractivity contribution < 1.29 is 19.4 Å². The van der Waals surface area contributed by atoms with Crippen LogP contribution in [0.25, 0.3) is 0 Å². The lowest BCUT2D eigenvalue weighted by molar-refractivity contribution is 0.0685. The monoisotopic (exact) mass is 252 g/mol. The van der Waals surface area contributed by atoms with Gasteiger partial charge in [-0.05, 0) is 18.2 Å². The number of carbonyl (C=O) groups excluding carboxylic acids is 1. The second kappa shape index (κ2) is 5.24. The van der Waals surface area contributed by atoms with E-state index >= 15 is 0 Å². The van der Waals surface area contributed by atoms with E-state index in [0.29, 0.717) is 18.9 Å². The van der Waals surface area contributed by atoms with Gasteiger partial charge >= 0.3 is 0 Å². The highest BCUT2D eigenvalue weighted by atomic mass is 16.5. The molecule has 0 saturated carbocycles. The van der Waals surface area contributed by atoms with Crippen molar-refractivity contribution in [1.82, 2.24) is 5.32 Å². The quantitative estimate of drug-likeness (QED) is 0.524. The van der Waals surface area contributed by atoms with Crippen LogP contribution in [0.3, 0.4) is 0 Å². The predicted octanol–water partition coefficient (Wildman–Crippen LogP) is 0.118. The maximum Gasteiger partial charge on any atom is 0.253 e. The van der Waals surface area contributed by atoms with Gasteiger partial charge in [-0.1, -0.05) is 0 Å². The summed E-state index contributed by atoms with van der Waals surface area (Å²) in [6.07, 6.45) is -0.160. The van der Waals surface area contributed by atoms with Crippen LogP contribution in [-0.2, 0) is 9.47 Å². The Kier molecular flexibility index (Phi) is 3.69. The van der Waals surface area contributed by atoms with Crippen LogP contribution in [0.5, 0.6) is 5.75 Å². The average Bonchev–Trinajstić information content (AvgIpc) is 2.79. The van der Waals surface area contributed by atoms with Gasteiger partial charge in [-0.15, -0.1) is 0 Å². The van der Waals surface area contributed by atoms with Gasteiger partial charge in [0.2, 0.25) is 0 Å². The summed E-state index contributed by atoms with van der Waals surface area (Å²) in [6.45, 7) is 0.861. The van der Waals surface area contributed by atoms with E-state index in [1.807, 2.05) is 0 Å². The van der Waals surface area contributed by atoms with Crippen molar-refractivity contribution in [1.29, 1.82) is 0 Å². The molecular weight excluding hydrogens is 236 g/mol. The molecule has 1 saturated heterocycles. The van der Waals surface area contributed by atoms with Crippen LogP contribution in [0.15, 0.2) is 18.2 Å².